The Labute approximate surface area is 117 Å². The SMILES string of the molecule is CCC(C#N)(CCCSc1ccc(F)cc1F)NC. The predicted molar refractivity (Wildman–Crippen MR) is 74.0 cm³/mol. The summed E-state index contributed by atoms with van der Waals surface area (Å²) in [6.07, 6.45) is 2.24. The van der Waals surface area contributed by atoms with Gasteiger partial charge >= 0.3 is 0 Å². The summed E-state index contributed by atoms with van der Waals surface area (Å²) in [4.78, 5) is 0.449. The van der Waals surface area contributed by atoms with Gasteiger partial charge in [0.05, 0.1) is 6.07 Å². The lowest BCUT2D eigenvalue weighted by molar-refractivity contribution is 0.400. The number of benzene rings is 1. The molecule has 0 amide bonds. The van der Waals surface area contributed by atoms with Crippen molar-refractivity contribution in [1.29, 1.82) is 5.26 Å². The van der Waals surface area contributed by atoms with Crippen molar-refractivity contribution in [3.8, 4) is 6.07 Å². The molecule has 0 aliphatic rings. The van der Waals surface area contributed by atoms with Gasteiger partial charge in [-0.05, 0) is 44.2 Å². The van der Waals surface area contributed by atoms with Gasteiger partial charge in [-0.15, -0.1) is 11.8 Å². The molecular formula is C14H18F2N2S. The Hall–Kier alpha value is -1.12. The molecule has 0 fully saturated rings. The van der Waals surface area contributed by atoms with Crippen LogP contribution in [-0.2, 0) is 0 Å². The van der Waals surface area contributed by atoms with Gasteiger partial charge < -0.3 is 5.32 Å². The maximum atomic E-state index is 13.4. The first-order valence-electron chi connectivity index (χ1n) is 6.25. The highest BCUT2D eigenvalue weighted by Crippen LogP contribution is 2.25. The van der Waals surface area contributed by atoms with Crippen molar-refractivity contribution in [2.24, 2.45) is 0 Å². The fourth-order valence-electron chi connectivity index (χ4n) is 1.82. The van der Waals surface area contributed by atoms with Crippen molar-refractivity contribution < 1.29 is 8.78 Å². The van der Waals surface area contributed by atoms with Crippen LogP contribution in [0.5, 0.6) is 0 Å². The molecule has 0 radical (unpaired) electrons. The lowest BCUT2D eigenvalue weighted by Gasteiger charge is -2.24. The van der Waals surface area contributed by atoms with Crippen molar-refractivity contribution in [1.82, 2.24) is 5.32 Å². The Morgan fingerprint density at radius 3 is 2.68 bits per heavy atom. The molecule has 1 aromatic rings. The van der Waals surface area contributed by atoms with E-state index in [0.29, 0.717) is 17.1 Å². The Balaban J connectivity index is 2.45. The number of nitriles is 1. The molecular weight excluding hydrogens is 266 g/mol. The molecule has 1 atom stereocenters. The largest absolute Gasteiger partial charge is 0.302 e. The normalized spacial score (nSPS) is 13.8. The monoisotopic (exact) mass is 284 g/mol. The van der Waals surface area contributed by atoms with E-state index in [9.17, 15) is 8.78 Å². The molecule has 0 spiro atoms. The summed E-state index contributed by atoms with van der Waals surface area (Å²) < 4.78 is 26.1. The number of halogens is 2. The topological polar surface area (TPSA) is 35.8 Å². The average Bonchev–Trinajstić information content (AvgIpc) is 2.42. The van der Waals surface area contributed by atoms with Crippen LogP contribution < -0.4 is 5.32 Å². The molecule has 0 saturated heterocycles. The fraction of sp³-hybridized carbons (Fsp3) is 0.500. The Kier molecular flexibility index (Phi) is 6.26. The molecule has 1 rings (SSSR count). The van der Waals surface area contributed by atoms with Gasteiger partial charge in [0.1, 0.15) is 17.2 Å². The van der Waals surface area contributed by atoms with Crippen molar-refractivity contribution in [3.63, 3.8) is 0 Å². The Bertz CT molecular complexity index is 453. The summed E-state index contributed by atoms with van der Waals surface area (Å²) >= 11 is 1.35. The number of thioether (sulfide) groups is 1. The van der Waals surface area contributed by atoms with Gasteiger partial charge in [0.2, 0.25) is 0 Å². The summed E-state index contributed by atoms with van der Waals surface area (Å²) in [5, 5.41) is 12.2. The van der Waals surface area contributed by atoms with E-state index in [1.165, 1.54) is 23.9 Å². The number of hydrogen-bond donors (Lipinski definition) is 1. The zero-order chi connectivity index (χ0) is 14.3. The lowest BCUT2D eigenvalue weighted by Crippen LogP contribution is -2.40. The van der Waals surface area contributed by atoms with Gasteiger partial charge in [-0.25, -0.2) is 8.78 Å². The average molecular weight is 284 g/mol. The van der Waals surface area contributed by atoms with E-state index in [0.717, 1.165) is 18.9 Å². The second kappa shape index (κ2) is 7.46. The second-order valence-electron chi connectivity index (χ2n) is 4.32. The van der Waals surface area contributed by atoms with E-state index in [4.69, 9.17) is 5.26 Å². The summed E-state index contributed by atoms with van der Waals surface area (Å²) in [5.41, 5.74) is -0.498. The third-order valence-electron chi connectivity index (χ3n) is 3.20. The van der Waals surface area contributed by atoms with Gasteiger partial charge in [0, 0.05) is 11.0 Å². The van der Waals surface area contributed by atoms with Crippen LogP contribution in [0.3, 0.4) is 0 Å². The van der Waals surface area contributed by atoms with E-state index < -0.39 is 17.2 Å². The first-order chi connectivity index (χ1) is 9.06. The third-order valence-corrected chi connectivity index (χ3v) is 4.33. The first kappa shape index (κ1) is 15.9. The van der Waals surface area contributed by atoms with Crippen LogP contribution in [0.4, 0.5) is 8.78 Å². The minimum atomic E-state index is -0.563. The Morgan fingerprint density at radius 2 is 2.16 bits per heavy atom. The molecule has 104 valence electrons. The standard InChI is InChI=1S/C14H18F2N2S/c1-3-14(10-17,18-2)7-4-8-19-13-6-5-11(15)9-12(13)16/h5-6,9,18H,3-4,7-8H2,1-2H3. The zero-order valence-electron chi connectivity index (χ0n) is 11.2. The molecule has 0 aliphatic heterocycles. The molecule has 0 heterocycles. The quantitative estimate of drug-likeness (QED) is 0.612. The molecule has 19 heavy (non-hydrogen) atoms. The summed E-state index contributed by atoms with van der Waals surface area (Å²) in [6, 6.07) is 5.88. The third kappa shape index (κ3) is 4.48. The van der Waals surface area contributed by atoms with Crippen LogP contribution in [0.25, 0.3) is 0 Å². The van der Waals surface area contributed by atoms with Crippen LogP contribution in [0.15, 0.2) is 23.1 Å². The van der Waals surface area contributed by atoms with Crippen LogP contribution in [0.1, 0.15) is 26.2 Å². The Morgan fingerprint density at radius 1 is 1.42 bits per heavy atom. The van der Waals surface area contributed by atoms with Gasteiger partial charge in [-0.3, -0.25) is 0 Å². The van der Waals surface area contributed by atoms with Gasteiger partial charge in [0.15, 0.2) is 0 Å². The van der Waals surface area contributed by atoms with E-state index in [1.807, 2.05) is 6.92 Å². The maximum Gasteiger partial charge on any atom is 0.139 e. The molecule has 0 aromatic heterocycles. The van der Waals surface area contributed by atoms with Crippen molar-refractivity contribution in [3.05, 3.63) is 29.8 Å². The molecule has 0 aliphatic carbocycles. The van der Waals surface area contributed by atoms with Gasteiger partial charge in [0.25, 0.3) is 0 Å². The highest BCUT2D eigenvalue weighted by molar-refractivity contribution is 7.99. The summed E-state index contributed by atoms with van der Waals surface area (Å²) in [7, 11) is 1.78. The summed E-state index contributed by atoms with van der Waals surface area (Å²) in [5.74, 6) is -0.389. The minimum Gasteiger partial charge on any atom is -0.302 e. The molecule has 1 unspecified atom stereocenters. The highest BCUT2D eigenvalue weighted by Gasteiger charge is 2.24. The van der Waals surface area contributed by atoms with E-state index in [-0.39, 0.29) is 0 Å². The van der Waals surface area contributed by atoms with Crippen LogP contribution in [0.2, 0.25) is 0 Å². The van der Waals surface area contributed by atoms with E-state index in [1.54, 1.807) is 7.05 Å². The summed E-state index contributed by atoms with van der Waals surface area (Å²) in [6.45, 7) is 1.96. The first-order valence-corrected chi connectivity index (χ1v) is 7.23. The van der Waals surface area contributed by atoms with Crippen molar-refractivity contribution in [2.45, 2.75) is 36.6 Å². The van der Waals surface area contributed by atoms with E-state index >= 15 is 0 Å². The van der Waals surface area contributed by atoms with Crippen molar-refractivity contribution >= 4 is 11.8 Å². The zero-order valence-corrected chi connectivity index (χ0v) is 12.0. The molecule has 5 heteroatoms. The fourth-order valence-corrected chi connectivity index (χ4v) is 2.69. The van der Waals surface area contributed by atoms with Crippen LogP contribution in [-0.4, -0.2) is 18.3 Å². The van der Waals surface area contributed by atoms with Crippen LogP contribution >= 0.6 is 11.8 Å². The predicted octanol–water partition coefficient (Wildman–Crippen LogP) is 3.73. The van der Waals surface area contributed by atoms with Crippen molar-refractivity contribution in [2.75, 3.05) is 12.8 Å². The lowest BCUT2D eigenvalue weighted by atomic mass is 9.93. The van der Waals surface area contributed by atoms with Crippen LogP contribution in [0, 0.1) is 23.0 Å². The number of nitrogens with one attached hydrogen (secondary N) is 1. The molecule has 0 bridgehead atoms. The molecule has 0 saturated carbocycles. The van der Waals surface area contributed by atoms with Gasteiger partial charge in [-0.2, -0.15) is 5.26 Å². The smallest absolute Gasteiger partial charge is 0.139 e. The number of hydrogen-bond acceptors (Lipinski definition) is 3. The van der Waals surface area contributed by atoms with E-state index in [2.05, 4.69) is 11.4 Å². The highest BCUT2D eigenvalue weighted by atomic mass is 32.2. The molecule has 1 aromatic carbocycles. The number of rotatable bonds is 7. The molecule has 2 nitrogen and oxygen atoms in total. The minimum absolute atomic E-state index is 0.449. The molecule has 1 N–H and O–H groups in total. The second-order valence-corrected chi connectivity index (χ2v) is 5.46. The van der Waals surface area contributed by atoms with Gasteiger partial charge in [-0.1, -0.05) is 6.92 Å². The maximum absolute atomic E-state index is 13.4. The number of nitrogens with zero attached hydrogens (tertiary/aromatic N) is 1.